The summed E-state index contributed by atoms with van der Waals surface area (Å²) in [4.78, 5) is 11.2. The maximum atomic E-state index is 11.2. The van der Waals surface area contributed by atoms with Crippen LogP contribution in [0.5, 0.6) is 0 Å². The van der Waals surface area contributed by atoms with E-state index in [-0.39, 0.29) is 5.78 Å². The summed E-state index contributed by atoms with van der Waals surface area (Å²) in [5, 5.41) is 10.0. The molecule has 0 saturated carbocycles. The molecule has 0 fully saturated rings. The molecule has 102 valence electrons. The quantitative estimate of drug-likeness (QED) is 0.830. The normalized spacial score (nSPS) is 12.5. The van der Waals surface area contributed by atoms with Gasteiger partial charge in [0.25, 0.3) is 0 Å². The third-order valence-corrected chi connectivity index (χ3v) is 3.17. The lowest BCUT2D eigenvalue weighted by Crippen LogP contribution is -1.94. The highest BCUT2D eigenvalue weighted by Crippen LogP contribution is 2.17. The number of carbonyl (C=O) groups excluding carboxylic acids is 1. The third-order valence-electron chi connectivity index (χ3n) is 3.17. The Bertz CT molecular complexity index is 583. The van der Waals surface area contributed by atoms with Crippen molar-refractivity contribution in [1.82, 2.24) is 0 Å². The van der Waals surface area contributed by atoms with Crippen LogP contribution in [-0.4, -0.2) is 10.9 Å². The second-order valence-corrected chi connectivity index (χ2v) is 4.74. The smallest absolute Gasteiger partial charge is 0.159 e. The van der Waals surface area contributed by atoms with Gasteiger partial charge < -0.3 is 5.11 Å². The van der Waals surface area contributed by atoms with Crippen molar-refractivity contribution in [2.24, 2.45) is 0 Å². The van der Waals surface area contributed by atoms with Crippen molar-refractivity contribution in [3.05, 3.63) is 77.4 Å². The van der Waals surface area contributed by atoms with Crippen LogP contribution in [0.1, 0.15) is 40.9 Å². The van der Waals surface area contributed by atoms with Gasteiger partial charge in [-0.25, -0.2) is 0 Å². The lowest BCUT2D eigenvalue weighted by atomic mass is 10.1. The van der Waals surface area contributed by atoms with Crippen LogP contribution in [0.3, 0.4) is 0 Å². The summed E-state index contributed by atoms with van der Waals surface area (Å²) in [5.41, 5.74) is 2.66. The minimum absolute atomic E-state index is 0.0695. The molecule has 0 aromatic heterocycles. The molecule has 0 radical (unpaired) electrons. The summed E-state index contributed by atoms with van der Waals surface area (Å²) in [6.45, 7) is 1.56. The van der Waals surface area contributed by atoms with E-state index in [0.29, 0.717) is 12.0 Å². The summed E-state index contributed by atoms with van der Waals surface area (Å²) in [7, 11) is 0. The van der Waals surface area contributed by atoms with Crippen LogP contribution in [0.25, 0.3) is 6.08 Å². The molecule has 1 atom stereocenters. The van der Waals surface area contributed by atoms with Crippen molar-refractivity contribution in [2.45, 2.75) is 19.4 Å². The standard InChI is InChI=1S/C18H18O2/c1-14(19)16-12-10-15(11-13-16)6-5-9-18(20)17-7-3-2-4-8-17/h2-8,10-13,18,20H,9H2,1H3/b6-5-. The Morgan fingerprint density at radius 2 is 1.75 bits per heavy atom. The molecule has 20 heavy (non-hydrogen) atoms. The zero-order chi connectivity index (χ0) is 14.4. The highest BCUT2D eigenvalue weighted by atomic mass is 16.3. The fraction of sp³-hybridized carbons (Fsp3) is 0.167. The van der Waals surface area contributed by atoms with Crippen molar-refractivity contribution < 1.29 is 9.90 Å². The molecular formula is C18H18O2. The average molecular weight is 266 g/mol. The summed E-state index contributed by atoms with van der Waals surface area (Å²) in [5.74, 6) is 0.0695. The lowest BCUT2D eigenvalue weighted by Gasteiger charge is -2.07. The van der Waals surface area contributed by atoms with E-state index in [9.17, 15) is 9.90 Å². The highest BCUT2D eigenvalue weighted by molar-refractivity contribution is 5.94. The topological polar surface area (TPSA) is 37.3 Å². The minimum Gasteiger partial charge on any atom is -0.388 e. The van der Waals surface area contributed by atoms with E-state index in [2.05, 4.69) is 0 Å². The largest absolute Gasteiger partial charge is 0.388 e. The van der Waals surface area contributed by atoms with E-state index >= 15 is 0 Å². The maximum absolute atomic E-state index is 11.2. The van der Waals surface area contributed by atoms with Gasteiger partial charge in [-0.1, -0.05) is 66.7 Å². The fourth-order valence-corrected chi connectivity index (χ4v) is 1.97. The molecule has 1 N–H and O–H groups in total. The second-order valence-electron chi connectivity index (χ2n) is 4.74. The third kappa shape index (κ3) is 3.90. The number of Topliss-reactive ketones (excluding diaryl/α,β-unsaturated/α-hetero) is 1. The molecule has 0 spiro atoms. The summed E-state index contributed by atoms with van der Waals surface area (Å²) >= 11 is 0. The van der Waals surface area contributed by atoms with Crippen LogP contribution in [-0.2, 0) is 0 Å². The van der Waals surface area contributed by atoms with Crippen LogP contribution in [0.4, 0.5) is 0 Å². The van der Waals surface area contributed by atoms with Gasteiger partial charge in [0.05, 0.1) is 6.10 Å². The highest BCUT2D eigenvalue weighted by Gasteiger charge is 2.03. The number of hydrogen-bond donors (Lipinski definition) is 1. The number of aliphatic hydroxyl groups excluding tert-OH is 1. The first-order valence-corrected chi connectivity index (χ1v) is 6.67. The van der Waals surface area contributed by atoms with Crippen molar-refractivity contribution in [1.29, 1.82) is 0 Å². The zero-order valence-electron chi connectivity index (χ0n) is 11.5. The molecular weight excluding hydrogens is 248 g/mol. The van der Waals surface area contributed by atoms with Gasteiger partial charge in [-0.3, -0.25) is 4.79 Å². The maximum Gasteiger partial charge on any atom is 0.159 e. The van der Waals surface area contributed by atoms with Crippen molar-refractivity contribution in [3.8, 4) is 0 Å². The van der Waals surface area contributed by atoms with Gasteiger partial charge in [-0.2, -0.15) is 0 Å². The molecule has 2 rings (SSSR count). The first kappa shape index (κ1) is 14.2. The van der Waals surface area contributed by atoms with Crippen LogP contribution in [0.15, 0.2) is 60.7 Å². The lowest BCUT2D eigenvalue weighted by molar-refractivity contribution is 0.101. The van der Waals surface area contributed by atoms with E-state index in [0.717, 1.165) is 11.1 Å². The van der Waals surface area contributed by atoms with Crippen molar-refractivity contribution in [3.63, 3.8) is 0 Å². The van der Waals surface area contributed by atoms with Gasteiger partial charge in [0.15, 0.2) is 5.78 Å². The number of benzene rings is 2. The molecule has 2 nitrogen and oxygen atoms in total. The van der Waals surface area contributed by atoms with E-state index in [1.54, 1.807) is 6.92 Å². The Morgan fingerprint density at radius 1 is 1.10 bits per heavy atom. The Kier molecular flexibility index (Phi) is 4.85. The molecule has 0 aliphatic carbocycles. The van der Waals surface area contributed by atoms with Gasteiger partial charge in [0, 0.05) is 5.56 Å². The molecule has 2 aromatic carbocycles. The van der Waals surface area contributed by atoms with Crippen molar-refractivity contribution in [2.75, 3.05) is 0 Å². The SMILES string of the molecule is CC(=O)c1ccc(/C=C\CC(O)c2ccccc2)cc1. The summed E-state index contributed by atoms with van der Waals surface area (Å²) < 4.78 is 0. The van der Waals surface area contributed by atoms with E-state index in [1.807, 2.05) is 66.7 Å². The molecule has 2 aromatic rings. The zero-order valence-corrected chi connectivity index (χ0v) is 11.5. The molecule has 1 unspecified atom stereocenters. The van der Waals surface area contributed by atoms with Crippen molar-refractivity contribution >= 4 is 11.9 Å². The molecule has 0 heterocycles. The van der Waals surface area contributed by atoms with E-state index in [4.69, 9.17) is 0 Å². The Labute approximate surface area is 119 Å². The first-order chi connectivity index (χ1) is 9.66. The number of ketones is 1. The van der Waals surface area contributed by atoms with Gasteiger partial charge in [-0.15, -0.1) is 0 Å². The molecule has 0 aliphatic rings. The summed E-state index contributed by atoms with van der Waals surface area (Å²) in [6.07, 6.45) is 3.98. The van der Waals surface area contributed by atoms with Crippen LogP contribution in [0, 0.1) is 0 Å². The molecule has 2 heteroatoms. The van der Waals surface area contributed by atoms with Crippen LogP contribution >= 0.6 is 0 Å². The Hall–Kier alpha value is -2.19. The van der Waals surface area contributed by atoms with Gasteiger partial charge in [0.2, 0.25) is 0 Å². The van der Waals surface area contributed by atoms with Crippen LogP contribution < -0.4 is 0 Å². The van der Waals surface area contributed by atoms with E-state index < -0.39 is 6.10 Å². The minimum atomic E-state index is -0.482. The molecule has 0 bridgehead atoms. The first-order valence-electron chi connectivity index (χ1n) is 6.67. The Morgan fingerprint density at radius 3 is 2.35 bits per heavy atom. The monoisotopic (exact) mass is 266 g/mol. The Balaban J connectivity index is 1.95. The molecule has 0 saturated heterocycles. The number of rotatable bonds is 5. The molecule has 0 aliphatic heterocycles. The van der Waals surface area contributed by atoms with Gasteiger partial charge in [0.1, 0.15) is 0 Å². The number of carbonyl (C=O) groups is 1. The van der Waals surface area contributed by atoms with Gasteiger partial charge in [-0.05, 0) is 24.5 Å². The number of aliphatic hydroxyl groups is 1. The van der Waals surface area contributed by atoms with E-state index in [1.165, 1.54) is 0 Å². The predicted molar refractivity (Wildman–Crippen MR) is 81.5 cm³/mol. The van der Waals surface area contributed by atoms with Crippen LogP contribution in [0.2, 0.25) is 0 Å². The fourth-order valence-electron chi connectivity index (χ4n) is 1.97. The number of hydrogen-bond acceptors (Lipinski definition) is 2. The second kappa shape index (κ2) is 6.83. The molecule has 0 amide bonds. The summed E-state index contributed by atoms with van der Waals surface area (Å²) in [6, 6.07) is 17.0. The predicted octanol–water partition coefficient (Wildman–Crippen LogP) is 4.03. The average Bonchev–Trinajstić information content (AvgIpc) is 2.48. The van der Waals surface area contributed by atoms with Gasteiger partial charge >= 0.3 is 0 Å².